The van der Waals surface area contributed by atoms with Crippen LogP contribution in [0, 0.1) is 0 Å². The molecule has 0 amide bonds. The Morgan fingerprint density at radius 2 is 1.84 bits per heavy atom. The first kappa shape index (κ1) is 18.7. The second-order valence-corrected chi connectivity index (χ2v) is 5.86. The first-order valence-corrected chi connectivity index (χ1v) is 7.35. The molecular weight excluding hydrogens is 336 g/mol. The topological polar surface area (TPSA) is 165 Å². The van der Waals surface area contributed by atoms with Crippen molar-refractivity contribution in [2.24, 2.45) is 0 Å². The molecule has 2 rings (SSSR count). The molecule has 1 saturated carbocycles. The average Bonchev–Trinajstić information content (AvgIpc) is 2.53. The maximum Gasteiger partial charge on any atom is 0.335 e. The van der Waals surface area contributed by atoms with E-state index in [2.05, 4.69) is 0 Å². The number of aliphatic hydroxyl groups is 3. The van der Waals surface area contributed by atoms with E-state index in [1.54, 1.807) is 0 Å². The third-order valence-corrected chi connectivity index (χ3v) is 3.94. The van der Waals surface area contributed by atoms with Gasteiger partial charge in [0, 0.05) is 18.9 Å². The van der Waals surface area contributed by atoms with Gasteiger partial charge in [-0.15, -0.1) is 0 Å². The Labute approximate surface area is 142 Å². The van der Waals surface area contributed by atoms with Crippen LogP contribution in [0.5, 0.6) is 11.5 Å². The number of esters is 1. The summed E-state index contributed by atoms with van der Waals surface area (Å²) in [5.41, 5.74) is -1.94. The van der Waals surface area contributed by atoms with Crippen molar-refractivity contribution in [1.82, 2.24) is 0 Å². The van der Waals surface area contributed by atoms with Crippen LogP contribution in [0.3, 0.4) is 0 Å². The second kappa shape index (κ2) is 7.09. The molecule has 1 unspecified atom stereocenters. The van der Waals surface area contributed by atoms with Crippen LogP contribution in [-0.2, 0) is 14.3 Å². The van der Waals surface area contributed by atoms with Crippen molar-refractivity contribution in [3.8, 4) is 11.5 Å². The molecule has 0 heterocycles. The van der Waals surface area contributed by atoms with Crippen molar-refractivity contribution < 1.29 is 45.0 Å². The number of aliphatic carboxylic acids is 1. The van der Waals surface area contributed by atoms with Crippen molar-refractivity contribution in [3.05, 3.63) is 29.8 Å². The van der Waals surface area contributed by atoms with Gasteiger partial charge < -0.3 is 35.4 Å². The molecule has 1 aromatic rings. The van der Waals surface area contributed by atoms with Gasteiger partial charge in [-0.1, -0.05) is 6.07 Å². The Kier molecular flexibility index (Phi) is 5.31. The average molecular weight is 354 g/mol. The third-order valence-electron chi connectivity index (χ3n) is 3.94. The van der Waals surface area contributed by atoms with Crippen molar-refractivity contribution in [1.29, 1.82) is 0 Å². The number of benzene rings is 1. The van der Waals surface area contributed by atoms with Crippen LogP contribution in [0.15, 0.2) is 24.3 Å². The van der Waals surface area contributed by atoms with Gasteiger partial charge in [-0.3, -0.25) is 0 Å². The summed E-state index contributed by atoms with van der Waals surface area (Å²) in [6.45, 7) is 0. The zero-order chi connectivity index (χ0) is 18.8. The number of phenols is 2. The molecule has 0 spiro atoms. The van der Waals surface area contributed by atoms with Gasteiger partial charge in [0.25, 0.3) is 0 Å². The third kappa shape index (κ3) is 4.27. The highest BCUT2D eigenvalue weighted by atomic mass is 16.6. The van der Waals surface area contributed by atoms with Crippen molar-refractivity contribution in [3.63, 3.8) is 0 Å². The van der Waals surface area contributed by atoms with Crippen LogP contribution in [0.1, 0.15) is 18.4 Å². The molecule has 1 fully saturated rings. The normalized spacial score (nSPS) is 29.5. The second-order valence-electron chi connectivity index (χ2n) is 5.86. The van der Waals surface area contributed by atoms with E-state index < -0.39 is 48.7 Å². The molecule has 0 saturated heterocycles. The molecule has 4 atom stereocenters. The fraction of sp³-hybridized carbons (Fsp3) is 0.375. The molecule has 9 heteroatoms. The summed E-state index contributed by atoms with van der Waals surface area (Å²) in [7, 11) is 0. The van der Waals surface area contributed by atoms with Crippen LogP contribution >= 0.6 is 0 Å². The van der Waals surface area contributed by atoms with Gasteiger partial charge in [0.2, 0.25) is 0 Å². The van der Waals surface area contributed by atoms with Gasteiger partial charge in [-0.05, 0) is 23.8 Å². The summed E-state index contributed by atoms with van der Waals surface area (Å²) in [6, 6.07) is 3.83. The summed E-state index contributed by atoms with van der Waals surface area (Å²) in [5, 5.41) is 57.0. The van der Waals surface area contributed by atoms with Crippen molar-refractivity contribution in [2.45, 2.75) is 36.8 Å². The van der Waals surface area contributed by atoms with E-state index in [-0.39, 0.29) is 11.5 Å². The SMILES string of the molecule is O=C(/C=C/c1ccc(O)c(O)c1)O[C@H]1C[C@@](O)(C(=O)O)CC(O)[C@@H]1O. The number of aromatic hydroxyl groups is 2. The number of hydrogen-bond acceptors (Lipinski definition) is 8. The quantitative estimate of drug-likeness (QED) is 0.234. The minimum absolute atomic E-state index is 0.327. The van der Waals surface area contributed by atoms with Crippen LogP contribution < -0.4 is 0 Å². The number of aliphatic hydroxyl groups excluding tert-OH is 2. The van der Waals surface area contributed by atoms with Gasteiger partial charge >= 0.3 is 11.9 Å². The molecule has 136 valence electrons. The molecule has 6 N–H and O–H groups in total. The summed E-state index contributed by atoms with van der Waals surface area (Å²) >= 11 is 0. The van der Waals surface area contributed by atoms with Crippen molar-refractivity contribution in [2.75, 3.05) is 0 Å². The number of carbonyl (C=O) groups is 2. The predicted molar refractivity (Wildman–Crippen MR) is 82.5 cm³/mol. The van der Waals surface area contributed by atoms with Crippen LogP contribution in [-0.4, -0.2) is 66.5 Å². The van der Waals surface area contributed by atoms with Crippen LogP contribution in [0.2, 0.25) is 0 Å². The predicted octanol–water partition coefficient (Wildman–Crippen LogP) is -0.646. The fourth-order valence-electron chi connectivity index (χ4n) is 2.53. The number of carbonyl (C=O) groups excluding carboxylic acids is 1. The summed E-state index contributed by atoms with van der Waals surface area (Å²) < 4.78 is 4.92. The minimum Gasteiger partial charge on any atom is -0.504 e. The highest BCUT2D eigenvalue weighted by Gasteiger charge is 2.50. The molecule has 0 bridgehead atoms. The molecule has 1 aliphatic rings. The Hall–Kier alpha value is -2.62. The maximum absolute atomic E-state index is 11.8. The lowest BCUT2D eigenvalue weighted by Gasteiger charge is -2.39. The molecule has 1 aromatic carbocycles. The number of carboxylic acids is 1. The molecule has 0 aliphatic heterocycles. The molecule has 1 aliphatic carbocycles. The number of carboxylic acid groups (broad SMARTS) is 1. The van der Waals surface area contributed by atoms with Gasteiger partial charge in [0.05, 0.1) is 6.10 Å². The van der Waals surface area contributed by atoms with E-state index in [1.807, 2.05) is 0 Å². The van der Waals surface area contributed by atoms with Crippen LogP contribution in [0.4, 0.5) is 0 Å². The Balaban J connectivity index is 2.06. The molecule has 0 aromatic heterocycles. The molecular formula is C16H18O9. The summed E-state index contributed by atoms with van der Waals surface area (Å²) in [4.78, 5) is 22.9. The van der Waals surface area contributed by atoms with Crippen LogP contribution in [0.25, 0.3) is 6.08 Å². The van der Waals surface area contributed by atoms with E-state index in [0.717, 1.165) is 6.08 Å². The lowest BCUT2D eigenvalue weighted by atomic mass is 9.79. The van der Waals surface area contributed by atoms with Gasteiger partial charge in [0.15, 0.2) is 17.1 Å². The highest BCUT2D eigenvalue weighted by molar-refractivity contribution is 5.87. The standard InChI is InChI=1S/C16H18O9/c17-9-3-1-8(5-10(9)18)2-4-13(20)25-12-7-16(24,15(22)23)6-11(19)14(12)21/h1-5,11-12,14,17-19,21,24H,6-7H2,(H,22,23)/b4-2+/t11?,12-,14-,16+/m0/s1. The fourth-order valence-corrected chi connectivity index (χ4v) is 2.53. The summed E-state index contributed by atoms with van der Waals surface area (Å²) in [6.07, 6.45) is -3.44. The Morgan fingerprint density at radius 1 is 1.16 bits per heavy atom. The summed E-state index contributed by atoms with van der Waals surface area (Å²) in [5.74, 6) is -3.24. The van der Waals surface area contributed by atoms with Gasteiger partial charge in [-0.25, -0.2) is 9.59 Å². The van der Waals surface area contributed by atoms with E-state index in [1.165, 1.54) is 24.3 Å². The van der Waals surface area contributed by atoms with E-state index in [0.29, 0.717) is 5.56 Å². The van der Waals surface area contributed by atoms with Gasteiger partial charge in [0.1, 0.15) is 12.2 Å². The lowest BCUT2D eigenvalue weighted by molar-refractivity contribution is -0.196. The molecule has 9 nitrogen and oxygen atoms in total. The molecule has 25 heavy (non-hydrogen) atoms. The number of hydrogen-bond donors (Lipinski definition) is 6. The smallest absolute Gasteiger partial charge is 0.335 e. The minimum atomic E-state index is -2.31. The zero-order valence-corrected chi connectivity index (χ0v) is 12.9. The van der Waals surface area contributed by atoms with E-state index in [4.69, 9.17) is 9.84 Å². The number of phenolic OH excluding ortho intramolecular Hbond substituents is 2. The lowest BCUT2D eigenvalue weighted by Crippen LogP contribution is -2.57. The Morgan fingerprint density at radius 3 is 2.44 bits per heavy atom. The number of rotatable bonds is 4. The zero-order valence-electron chi connectivity index (χ0n) is 12.9. The highest BCUT2D eigenvalue weighted by Crippen LogP contribution is 2.31. The van der Waals surface area contributed by atoms with Crippen molar-refractivity contribution >= 4 is 18.0 Å². The van der Waals surface area contributed by atoms with E-state index in [9.17, 15) is 35.1 Å². The monoisotopic (exact) mass is 354 g/mol. The largest absolute Gasteiger partial charge is 0.504 e. The number of ether oxygens (including phenoxy) is 1. The van der Waals surface area contributed by atoms with Gasteiger partial charge in [-0.2, -0.15) is 0 Å². The Bertz CT molecular complexity index is 699. The first-order chi connectivity index (χ1) is 11.6. The molecule has 0 radical (unpaired) electrons. The van der Waals surface area contributed by atoms with E-state index >= 15 is 0 Å². The first-order valence-electron chi connectivity index (χ1n) is 7.35. The maximum atomic E-state index is 11.8.